The quantitative estimate of drug-likeness (QED) is 0.770. The first kappa shape index (κ1) is 14.6. The van der Waals surface area contributed by atoms with E-state index in [0.717, 1.165) is 0 Å². The zero-order valence-electron chi connectivity index (χ0n) is 11.1. The minimum atomic E-state index is -0.912. The highest BCUT2D eigenvalue weighted by molar-refractivity contribution is 5.78. The molecule has 1 rings (SSSR count). The van der Waals surface area contributed by atoms with Crippen molar-refractivity contribution in [1.82, 2.24) is 0 Å². The van der Waals surface area contributed by atoms with Gasteiger partial charge in [0.15, 0.2) is 0 Å². The van der Waals surface area contributed by atoms with Gasteiger partial charge in [-0.25, -0.2) is 8.78 Å². The Bertz CT molecular complexity index is 442. The molecule has 0 aromatic heterocycles. The molecule has 4 heteroatoms. The van der Waals surface area contributed by atoms with Gasteiger partial charge >= 0.3 is 5.97 Å². The molecule has 1 atom stereocenters. The Kier molecular flexibility index (Phi) is 4.82. The van der Waals surface area contributed by atoms with Crippen LogP contribution in [-0.4, -0.2) is 12.6 Å². The van der Waals surface area contributed by atoms with E-state index < -0.39 is 23.5 Å². The lowest BCUT2D eigenvalue weighted by molar-refractivity contribution is -0.146. The summed E-state index contributed by atoms with van der Waals surface area (Å²) in [5, 5.41) is 0. The molecule has 1 unspecified atom stereocenters. The van der Waals surface area contributed by atoms with Crippen molar-refractivity contribution in [3.05, 3.63) is 34.9 Å². The average Bonchev–Trinajstić information content (AvgIpc) is 2.29. The second-order valence-electron chi connectivity index (χ2n) is 4.57. The molecule has 0 saturated heterocycles. The Labute approximate surface area is 106 Å². The van der Waals surface area contributed by atoms with E-state index in [4.69, 9.17) is 4.74 Å². The first-order valence-corrected chi connectivity index (χ1v) is 6.01. The van der Waals surface area contributed by atoms with E-state index in [9.17, 15) is 13.6 Å². The molecule has 18 heavy (non-hydrogen) atoms. The largest absolute Gasteiger partial charge is 0.466 e. The molecule has 0 radical (unpaired) electrons. The topological polar surface area (TPSA) is 26.3 Å². The molecule has 0 saturated carbocycles. The zero-order valence-corrected chi connectivity index (χ0v) is 11.1. The predicted molar refractivity (Wildman–Crippen MR) is 65.3 cm³/mol. The maximum absolute atomic E-state index is 14.0. The van der Waals surface area contributed by atoms with E-state index in [2.05, 4.69) is 0 Å². The average molecular weight is 256 g/mol. The maximum atomic E-state index is 14.0. The summed E-state index contributed by atoms with van der Waals surface area (Å²) in [7, 11) is 0. The van der Waals surface area contributed by atoms with Crippen LogP contribution in [0.15, 0.2) is 12.1 Å². The molecule has 1 aromatic rings. The summed E-state index contributed by atoms with van der Waals surface area (Å²) < 4.78 is 32.7. The van der Waals surface area contributed by atoms with Gasteiger partial charge in [0.05, 0.1) is 12.5 Å². The lowest BCUT2D eigenvalue weighted by Gasteiger charge is -2.21. The van der Waals surface area contributed by atoms with Gasteiger partial charge in [0.25, 0.3) is 0 Å². The van der Waals surface area contributed by atoms with Crippen LogP contribution in [0, 0.1) is 24.5 Å². The second-order valence-corrected chi connectivity index (χ2v) is 4.57. The smallest absolute Gasteiger partial charge is 0.313 e. The van der Waals surface area contributed by atoms with Crippen LogP contribution in [0.2, 0.25) is 0 Å². The predicted octanol–water partition coefficient (Wildman–Crippen LogP) is 3.58. The van der Waals surface area contributed by atoms with Crippen LogP contribution in [0.4, 0.5) is 8.78 Å². The van der Waals surface area contributed by atoms with Crippen LogP contribution in [0.5, 0.6) is 0 Å². The highest BCUT2D eigenvalue weighted by Crippen LogP contribution is 2.31. The fourth-order valence-corrected chi connectivity index (χ4v) is 1.92. The van der Waals surface area contributed by atoms with Gasteiger partial charge in [-0.3, -0.25) is 4.79 Å². The molecule has 2 nitrogen and oxygen atoms in total. The molecule has 0 aliphatic rings. The molecule has 0 N–H and O–H groups in total. The monoisotopic (exact) mass is 256 g/mol. The molecule has 0 amide bonds. The van der Waals surface area contributed by atoms with Crippen molar-refractivity contribution in [1.29, 1.82) is 0 Å². The van der Waals surface area contributed by atoms with Crippen molar-refractivity contribution in [3.63, 3.8) is 0 Å². The van der Waals surface area contributed by atoms with Crippen LogP contribution in [0.25, 0.3) is 0 Å². The number of carbonyl (C=O) groups is 1. The number of rotatable bonds is 4. The molecule has 0 spiro atoms. The van der Waals surface area contributed by atoms with Crippen molar-refractivity contribution in [2.24, 2.45) is 5.92 Å². The number of ether oxygens (including phenoxy) is 1. The second kappa shape index (κ2) is 5.94. The number of hydrogen-bond acceptors (Lipinski definition) is 2. The summed E-state index contributed by atoms with van der Waals surface area (Å²) in [5.41, 5.74) is 0.129. The molecule has 0 aliphatic heterocycles. The Hall–Kier alpha value is -1.45. The molecular weight excluding hydrogens is 238 g/mol. The van der Waals surface area contributed by atoms with Crippen molar-refractivity contribution in [3.8, 4) is 0 Å². The van der Waals surface area contributed by atoms with E-state index in [1.54, 1.807) is 27.7 Å². The number of carbonyl (C=O) groups excluding carboxylic acids is 1. The minimum absolute atomic E-state index is 0.191. The molecule has 0 fully saturated rings. The summed E-state index contributed by atoms with van der Waals surface area (Å²) in [6, 6.07) is 2.54. The van der Waals surface area contributed by atoms with Crippen molar-refractivity contribution < 1.29 is 18.3 Å². The SMILES string of the molecule is CCOC(=O)C(c1c(F)ccc(C)c1F)C(C)C. The molecule has 1 aromatic carbocycles. The highest BCUT2D eigenvalue weighted by Gasteiger charge is 2.31. The van der Waals surface area contributed by atoms with E-state index >= 15 is 0 Å². The summed E-state index contributed by atoms with van der Waals surface area (Å²) in [6.07, 6.45) is 0. The van der Waals surface area contributed by atoms with E-state index in [1.807, 2.05) is 0 Å². The highest BCUT2D eigenvalue weighted by atomic mass is 19.1. The molecule has 100 valence electrons. The molecule has 0 heterocycles. The minimum Gasteiger partial charge on any atom is -0.466 e. The van der Waals surface area contributed by atoms with Gasteiger partial charge in [0.1, 0.15) is 11.6 Å². The Balaban J connectivity index is 3.30. The summed E-state index contributed by atoms with van der Waals surface area (Å²) in [6.45, 7) is 6.88. The van der Waals surface area contributed by atoms with Crippen LogP contribution in [0.1, 0.15) is 37.8 Å². The Morgan fingerprint density at radius 1 is 1.33 bits per heavy atom. The summed E-state index contributed by atoms with van der Waals surface area (Å²) in [5.74, 6) is -3.11. The van der Waals surface area contributed by atoms with Gasteiger partial charge < -0.3 is 4.74 Å². The van der Waals surface area contributed by atoms with Crippen LogP contribution < -0.4 is 0 Å². The number of halogens is 2. The lowest BCUT2D eigenvalue weighted by atomic mass is 9.87. The summed E-state index contributed by atoms with van der Waals surface area (Å²) in [4.78, 5) is 11.8. The fourth-order valence-electron chi connectivity index (χ4n) is 1.92. The summed E-state index contributed by atoms with van der Waals surface area (Å²) >= 11 is 0. The standard InChI is InChI=1S/C14H18F2O2/c1-5-18-14(17)11(8(2)3)12-10(15)7-6-9(4)13(12)16/h6-8,11H,5H2,1-4H3. The zero-order chi connectivity index (χ0) is 13.9. The first-order valence-electron chi connectivity index (χ1n) is 6.01. The lowest BCUT2D eigenvalue weighted by Crippen LogP contribution is -2.23. The third kappa shape index (κ3) is 2.86. The van der Waals surface area contributed by atoms with E-state index in [1.165, 1.54) is 12.1 Å². The van der Waals surface area contributed by atoms with Crippen LogP contribution in [-0.2, 0) is 9.53 Å². The number of aryl methyl sites for hydroxylation is 1. The van der Waals surface area contributed by atoms with Crippen molar-refractivity contribution in [2.75, 3.05) is 6.61 Å². The number of hydrogen-bond donors (Lipinski definition) is 0. The van der Waals surface area contributed by atoms with Gasteiger partial charge in [0.2, 0.25) is 0 Å². The third-order valence-corrected chi connectivity index (χ3v) is 2.84. The molecular formula is C14H18F2O2. The first-order chi connectivity index (χ1) is 8.40. The normalized spacial score (nSPS) is 12.6. The number of esters is 1. The van der Waals surface area contributed by atoms with E-state index in [-0.39, 0.29) is 18.1 Å². The maximum Gasteiger partial charge on any atom is 0.313 e. The van der Waals surface area contributed by atoms with Crippen molar-refractivity contribution >= 4 is 5.97 Å². The van der Waals surface area contributed by atoms with Gasteiger partial charge in [-0.15, -0.1) is 0 Å². The Morgan fingerprint density at radius 2 is 1.94 bits per heavy atom. The van der Waals surface area contributed by atoms with E-state index in [0.29, 0.717) is 5.56 Å². The van der Waals surface area contributed by atoms with Gasteiger partial charge in [-0.2, -0.15) is 0 Å². The van der Waals surface area contributed by atoms with Gasteiger partial charge in [-0.05, 0) is 31.4 Å². The van der Waals surface area contributed by atoms with Crippen LogP contribution in [0.3, 0.4) is 0 Å². The van der Waals surface area contributed by atoms with Crippen LogP contribution >= 0.6 is 0 Å². The number of benzene rings is 1. The molecule has 0 aliphatic carbocycles. The van der Waals surface area contributed by atoms with Crippen molar-refractivity contribution in [2.45, 2.75) is 33.6 Å². The third-order valence-electron chi connectivity index (χ3n) is 2.84. The molecule has 0 bridgehead atoms. The fraction of sp³-hybridized carbons (Fsp3) is 0.500. The Morgan fingerprint density at radius 3 is 2.44 bits per heavy atom. The van der Waals surface area contributed by atoms with Gasteiger partial charge in [0, 0.05) is 5.56 Å². The van der Waals surface area contributed by atoms with Gasteiger partial charge in [-0.1, -0.05) is 19.9 Å².